The zero-order valence-corrected chi connectivity index (χ0v) is 8.09. The van der Waals surface area contributed by atoms with Gasteiger partial charge in [-0.05, 0) is 25.7 Å². The van der Waals surface area contributed by atoms with Gasteiger partial charge in [0.15, 0.2) is 0 Å². The second-order valence-electron chi connectivity index (χ2n) is 4.69. The molecule has 1 atom stereocenters. The van der Waals surface area contributed by atoms with Crippen LogP contribution in [0.4, 0.5) is 0 Å². The topological polar surface area (TPSA) is 55.5 Å². The number of ether oxygens (including phenoxy) is 1. The molecule has 1 unspecified atom stereocenters. The van der Waals surface area contributed by atoms with Crippen molar-refractivity contribution in [2.24, 2.45) is 5.73 Å². The predicted molar refractivity (Wildman–Crippen MR) is 50.4 cm³/mol. The van der Waals surface area contributed by atoms with Crippen molar-refractivity contribution >= 4 is 0 Å². The second-order valence-corrected chi connectivity index (χ2v) is 4.69. The highest BCUT2D eigenvalue weighted by Gasteiger charge is 2.44. The molecule has 0 aromatic rings. The normalized spacial score (nSPS) is 38.3. The Balaban J connectivity index is 2.06. The lowest BCUT2D eigenvalue weighted by Crippen LogP contribution is -2.55. The van der Waals surface area contributed by atoms with Gasteiger partial charge in [-0.2, -0.15) is 0 Å². The average molecular weight is 185 g/mol. The van der Waals surface area contributed by atoms with Gasteiger partial charge in [0.1, 0.15) is 0 Å². The van der Waals surface area contributed by atoms with Crippen LogP contribution in [0, 0.1) is 0 Å². The van der Waals surface area contributed by atoms with E-state index in [-0.39, 0.29) is 17.7 Å². The molecule has 0 amide bonds. The summed E-state index contributed by atoms with van der Waals surface area (Å²) in [5.41, 5.74) is 5.73. The molecule has 76 valence electrons. The lowest BCUT2D eigenvalue weighted by atomic mass is 9.80. The average Bonchev–Trinajstić information content (AvgIpc) is 2.53. The molecule has 3 heteroatoms. The molecule has 2 fully saturated rings. The second kappa shape index (κ2) is 3.23. The van der Waals surface area contributed by atoms with Crippen LogP contribution >= 0.6 is 0 Å². The molecular weight excluding hydrogens is 166 g/mol. The molecule has 1 aliphatic heterocycles. The number of hydrogen-bond donors (Lipinski definition) is 2. The Morgan fingerprint density at radius 3 is 2.54 bits per heavy atom. The highest BCUT2D eigenvalue weighted by molar-refractivity contribution is 5.00. The molecule has 0 bridgehead atoms. The molecular formula is C10H19NO2. The van der Waals surface area contributed by atoms with Crippen LogP contribution in [0.3, 0.4) is 0 Å². The van der Waals surface area contributed by atoms with Gasteiger partial charge in [-0.25, -0.2) is 0 Å². The first-order valence-electron chi connectivity index (χ1n) is 5.22. The van der Waals surface area contributed by atoms with Crippen LogP contribution in [-0.4, -0.2) is 29.5 Å². The van der Waals surface area contributed by atoms with Gasteiger partial charge in [0.2, 0.25) is 0 Å². The van der Waals surface area contributed by atoms with Crippen molar-refractivity contribution in [3.05, 3.63) is 0 Å². The Morgan fingerprint density at radius 1 is 1.23 bits per heavy atom. The van der Waals surface area contributed by atoms with Crippen molar-refractivity contribution in [1.82, 2.24) is 0 Å². The maximum Gasteiger partial charge on any atom is 0.0701 e. The Hall–Kier alpha value is -0.120. The first kappa shape index (κ1) is 9.44. The molecule has 1 aliphatic carbocycles. The van der Waals surface area contributed by atoms with Gasteiger partial charge in [-0.1, -0.05) is 12.8 Å². The third-order valence-corrected chi connectivity index (χ3v) is 3.51. The summed E-state index contributed by atoms with van der Waals surface area (Å²) in [6.07, 6.45) is 6.41. The van der Waals surface area contributed by atoms with Crippen LogP contribution in [-0.2, 0) is 4.74 Å². The summed E-state index contributed by atoms with van der Waals surface area (Å²) in [5, 5.41) is 9.21. The van der Waals surface area contributed by atoms with Crippen LogP contribution < -0.4 is 5.73 Å². The SMILES string of the molecule is NC1(CO)CCOC2(CCCC2)C1. The van der Waals surface area contributed by atoms with Crippen molar-refractivity contribution in [1.29, 1.82) is 0 Å². The molecule has 1 spiro atoms. The summed E-state index contributed by atoms with van der Waals surface area (Å²) >= 11 is 0. The third kappa shape index (κ3) is 1.73. The third-order valence-electron chi connectivity index (χ3n) is 3.51. The minimum Gasteiger partial charge on any atom is -0.394 e. The molecule has 1 saturated heterocycles. The summed E-state index contributed by atoms with van der Waals surface area (Å²) in [7, 11) is 0. The van der Waals surface area contributed by atoms with Crippen molar-refractivity contribution in [3.8, 4) is 0 Å². The Labute approximate surface area is 79.3 Å². The first-order valence-corrected chi connectivity index (χ1v) is 5.22. The number of nitrogens with two attached hydrogens (primary N) is 1. The highest BCUT2D eigenvalue weighted by Crippen LogP contribution is 2.42. The molecule has 3 nitrogen and oxygen atoms in total. The highest BCUT2D eigenvalue weighted by atomic mass is 16.5. The lowest BCUT2D eigenvalue weighted by Gasteiger charge is -2.43. The van der Waals surface area contributed by atoms with E-state index in [1.54, 1.807) is 0 Å². The lowest BCUT2D eigenvalue weighted by molar-refractivity contribution is -0.107. The van der Waals surface area contributed by atoms with Gasteiger partial charge in [-0.3, -0.25) is 0 Å². The summed E-state index contributed by atoms with van der Waals surface area (Å²) in [5.74, 6) is 0. The van der Waals surface area contributed by atoms with E-state index in [1.165, 1.54) is 12.8 Å². The van der Waals surface area contributed by atoms with E-state index >= 15 is 0 Å². The largest absolute Gasteiger partial charge is 0.394 e. The molecule has 2 aliphatic rings. The monoisotopic (exact) mass is 185 g/mol. The summed E-state index contributed by atoms with van der Waals surface area (Å²) in [6.45, 7) is 0.815. The van der Waals surface area contributed by atoms with Crippen LogP contribution in [0.25, 0.3) is 0 Å². The van der Waals surface area contributed by atoms with E-state index in [0.29, 0.717) is 0 Å². The molecule has 3 N–H and O–H groups in total. The molecule has 0 radical (unpaired) electrons. The maximum absolute atomic E-state index is 9.21. The van der Waals surface area contributed by atoms with E-state index in [4.69, 9.17) is 10.5 Å². The fourth-order valence-electron chi connectivity index (χ4n) is 2.73. The van der Waals surface area contributed by atoms with E-state index in [1.807, 2.05) is 0 Å². The summed E-state index contributed by atoms with van der Waals surface area (Å²) in [6, 6.07) is 0. The summed E-state index contributed by atoms with van der Waals surface area (Å²) < 4.78 is 5.83. The van der Waals surface area contributed by atoms with Gasteiger partial charge in [0.05, 0.1) is 12.2 Å². The van der Waals surface area contributed by atoms with Crippen LogP contribution in [0.1, 0.15) is 38.5 Å². The van der Waals surface area contributed by atoms with Gasteiger partial charge in [0, 0.05) is 12.1 Å². The molecule has 0 aromatic carbocycles. The zero-order chi connectivity index (χ0) is 9.36. The molecule has 1 saturated carbocycles. The molecule has 2 rings (SSSR count). The van der Waals surface area contributed by atoms with Gasteiger partial charge in [0.25, 0.3) is 0 Å². The quantitative estimate of drug-likeness (QED) is 0.635. The van der Waals surface area contributed by atoms with E-state index in [0.717, 1.165) is 32.3 Å². The van der Waals surface area contributed by atoms with Crippen molar-refractivity contribution in [2.45, 2.75) is 49.7 Å². The number of aliphatic hydroxyl groups excluding tert-OH is 1. The predicted octanol–water partition coefficient (Wildman–Crippen LogP) is 0.799. The maximum atomic E-state index is 9.21. The van der Waals surface area contributed by atoms with Crippen LogP contribution in [0.15, 0.2) is 0 Å². The first-order chi connectivity index (χ1) is 6.18. The number of aliphatic hydroxyl groups is 1. The van der Waals surface area contributed by atoms with Gasteiger partial charge in [-0.15, -0.1) is 0 Å². The van der Waals surface area contributed by atoms with Gasteiger partial charge < -0.3 is 15.6 Å². The Kier molecular flexibility index (Phi) is 2.34. The Bertz CT molecular complexity index is 189. The minimum atomic E-state index is -0.372. The standard InChI is InChI=1S/C10H19NO2/c11-9(8-12)5-6-13-10(7-9)3-1-2-4-10/h12H,1-8,11H2. The fraction of sp³-hybridized carbons (Fsp3) is 1.00. The Morgan fingerprint density at radius 2 is 1.92 bits per heavy atom. The van der Waals surface area contributed by atoms with E-state index in [9.17, 15) is 5.11 Å². The van der Waals surface area contributed by atoms with Crippen LogP contribution in [0.5, 0.6) is 0 Å². The van der Waals surface area contributed by atoms with Crippen molar-refractivity contribution in [3.63, 3.8) is 0 Å². The minimum absolute atomic E-state index is 0.0235. The molecule has 13 heavy (non-hydrogen) atoms. The number of rotatable bonds is 1. The molecule has 1 heterocycles. The van der Waals surface area contributed by atoms with E-state index in [2.05, 4.69) is 0 Å². The fourth-order valence-corrected chi connectivity index (χ4v) is 2.73. The number of hydrogen-bond acceptors (Lipinski definition) is 3. The van der Waals surface area contributed by atoms with E-state index < -0.39 is 0 Å². The smallest absolute Gasteiger partial charge is 0.0701 e. The van der Waals surface area contributed by atoms with Crippen LogP contribution in [0.2, 0.25) is 0 Å². The van der Waals surface area contributed by atoms with Crippen molar-refractivity contribution in [2.75, 3.05) is 13.2 Å². The zero-order valence-electron chi connectivity index (χ0n) is 8.09. The van der Waals surface area contributed by atoms with Gasteiger partial charge >= 0.3 is 0 Å². The molecule has 0 aromatic heterocycles. The summed E-state index contributed by atoms with van der Waals surface area (Å²) in [4.78, 5) is 0. The van der Waals surface area contributed by atoms with Crippen molar-refractivity contribution < 1.29 is 9.84 Å².